The van der Waals surface area contributed by atoms with E-state index in [1.165, 1.54) is 11.3 Å². The Kier molecular flexibility index (Phi) is 4.54. The highest BCUT2D eigenvalue weighted by Gasteiger charge is 2.34. The van der Waals surface area contributed by atoms with Crippen LogP contribution in [0.1, 0.15) is 59.8 Å². The summed E-state index contributed by atoms with van der Waals surface area (Å²) in [6, 6.07) is 7.96. The maximum absolute atomic E-state index is 11.9. The molecule has 0 fully saturated rings. The van der Waals surface area contributed by atoms with Gasteiger partial charge in [-0.2, -0.15) is 5.10 Å². The smallest absolute Gasteiger partial charge is 0.248 e. The number of amides is 1. The number of nitrogens with zero attached hydrogens (tertiary/aromatic N) is 6. The van der Waals surface area contributed by atoms with Gasteiger partial charge in [-0.3, -0.25) is 18.9 Å². The number of aromatic nitrogens is 5. The molecule has 8 heteroatoms. The van der Waals surface area contributed by atoms with Crippen molar-refractivity contribution in [2.75, 3.05) is 4.90 Å². The molecule has 3 aromatic heterocycles. The van der Waals surface area contributed by atoms with E-state index in [2.05, 4.69) is 41.7 Å². The van der Waals surface area contributed by atoms with Crippen molar-refractivity contribution in [3.05, 3.63) is 77.3 Å². The van der Waals surface area contributed by atoms with Crippen molar-refractivity contribution in [3.8, 4) is 0 Å². The first-order valence-corrected chi connectivity index (χ1v) is 10.7. The molecule has 2 N–H and O–H groups in total. The first-order valence-electron chi connectivity index (χ1n) is 10.7. The maximum atomic E-state index is 11.9. The molecule has 0 bridgehead atoms. The van der Waals surface area contributed by atoms with E-state index in [1.807, 2.05) is 40.7 Å². The van der Waals surface area contributed by atoms with Crippen molar-refractivity contribution in [2.24, 2.45) is 12.8 Å². The summed E-state index contributed by atoms with van der Waals surface area (Å²) in [4.78, 5) is 22.8. The second kappa shape index (κ2) is 7.19. The highest BCUT2D eigenvalue weighted by molar-refractivity contribution is 5.94. The van der Waals surface area contributed by atoms with Crippen LogP contribution >= 0.6 is 0 Å². The summed E-state index contributed by atoms with van der Waals surface area (Å²) in [7, 11) is 2.00. The summed E-state index contributed by atoms with van der Waals surface area (Å²) in [6.07, 6.45) is 8.11. The fourth-order valence-corrected chi connectivity index (χ4v) is 4.64. The summed E-state index contributed by atoms with van der Waals surface area (Å²) < 4.78 is 4.02. The zero-order valence-electron chi connectivity index (χ0n) is 18.8. The number of hydrogen-bond acceptors (Lipinski definition) is 5. The molecule has 0 aliphatic carbocycles. The third-order valence-corrected chi connectivity index (χ3v) is 6.20. The second-order valence-electron chi connectivity index (χ2n) is 9.44. The molecule has 1 atom stereocenters. The normalized spacial score (nSPS) is 16.0. The van der Waals surface area contributed by atoms with Gasteiger partial charge >= 0.3 is 0 Å². The molecule has 0 saturated heterocycles. The monoisotopic (exact) mass is 429 g/mol. The van der Waals surface area contributed by atoms with E-state index in [0.29, 0.717) is 12.1 Å². The van der Waals surface area contributed by atoms with Crippen molar-refractivity contribution in [1.82, 2.24) is 24.1 Å². The quantitative estimate of drug-likeness (QED) is 0.538. The predicted molar refractivity (Wildman–Crippen MR) is 122 cm³/mol. The van der Waals surface area contributed by atoms with E-state index in [-0.39, 0.29) is 11.5 Å². The van der Waals surface area contributed by atoms with Gasteiger partial charge in [0.05, 0.1) is 36.4 Å². The van der Waals surface area contributed by atoms with E-state index < -0.39 is 5.91 Å². The van der Waals surface area contributed by atoms with Crippen LogP contribution in [0.3, 0.4) is 0 Å². The Hall–Kier alpha value is -3.68. The number of rotatable bonds is 4. The number of carbonyl (C=O) groups is 1. The van der Waals surface area contributed by atoms with Gasteiger partial charge in [0.1, 0.15) is 0 Å². The third kappa shape index (κ3) is 3.32. The van der Waals surface area contributed by atoms with Crippen molar-refractivity contribution >= 4 is 17.2 Å². The highest BCUT2D eigenvalue weighted by atomic mass is 16.1. The number of fused-ring (bicyclic) bond motifs is 2. The Morgan fingerprint density at radius 3 is 2.75 bits per heavy atom. The van der Waals surface area contributed by atoms with Crippen molar-refractivity contribution < 1.29 is 4.79 Å². The van der Waals surface area contributed by atoms with Crippen molar-refractivity contribution in [1.29, 1.82) is 0 Å². The maximum Gasteiger partial charge on any atom is 0.248 e. The van der Waals surface area contributed by atoms with Gasteiger partial charge in [0.2, 0.25) is 5.91 Å². The lowest BCUT2D eigenvalue weighted by Crippen LogP contribution is -2.26. The first kappa shape index (κ1) is 20.2. The number of aryl methyl sites for hydroxylation is 1. The Labute approximate surface area is 186 Å². The Morgan fingerprint density at radius 2 is 2.03 bits per heavy atom. The minimum atomic E-state index is -0.426. The Balaban J connectivity index is 1.60. The van der Waals surface area contributed by atoms with Crippen molar-refractivity contribution in [2.45, 2.75) is 45.2 Å². The molecule has 0 radical (unpaired) electrons. The van der Waals surface area contributed by atoms with Gasteiger partial charge in [0.25, 0.3) is 0 Å². The third-order valence-electron chi connectivity index (χ3n) is 6.20. The highest BCUT2D eigenvalue weighted by Crippen LogP contribution is 2.42. The number of benzene rings is 1. The molecule has 0 saturated carbocycles. The zero-order chi connectivity index (χ0) is 22.6. The van der Waals surface area contributed by atoms with Gasteiger partial charge in [0, 0.05) is 48.2 Å². The van der Waals surface area contributed by atoms with Gasteiger partial charge in [0.15, 0.2) is 5.65 Å². The topological polar surface area (TPSA) is 94.3 Å². The minimum absolute atomic E-state index is 0.00985. The number of anilines is 1. The summed E-state index contributed by atoms with van der Waals surface area (Å²) >= 11 is 0. The summed E-state index contributed by atoms with van der Waals surface area (Å²) in [5, 5.41) is 4.89. The van der Waals surface area contributed by atoms with E-state index in [4.69, 9.17) is 10.8 Å². The van der Waals surface area contributed by atoms with Crippen LogP contribution in [0, 0.1) is 0 Å². The summed E-state index contributed by atoms with van der Waals surface area (Å²) in [5.41, 5.74) is 12.3. The van der Waals surface area contributed by atoms with Crippen LogP contribution < -0.4 is 10.6 Å². The molecule has 32 heavy (non-hydrogen) atoms. The zero-order valence-corrected chi connectivity index (χ0v) is 18.8. The molecule has 0 spiro atoms. The average molecular weight is 430 g/mol. The lowest BCUT2D eigenvalue weighted by Gasteiger charge is -2.26. The number of imidazole rings is 1. The van der Waals surface area contributed by atoms with E-state index >= 15 is 0 Å². The van der Waals surface area contributed by atoms with E-state index in [9.17, 15) is 4.79 Å². The number of hydrogen-bond donors (Lipinski definition) is 1. The van der Waals surface area contributed by atoms with Crippen LogP contribution in [0.25, 0.3) is 5.65 Å². The van der Waals surface area contributed by atoms with Gasteiger partial charge in [-0.1, -0.05) is 26.8 Å². The predicted octanol–water partition coefficient (Wildman–Crippen LogP) is 3.16. The molecule has 1 aliphatic rings. The molecule has 4 heterocycles. The molecule has 1 amide bonds. The van der Waals surface area contributed by atoms with Gasteiger partial charge in [-0.05, 0) is 23.8 Å². The summed E-state index contributed by atoms with van der Waals surface area (Å²) in [5.74, 6) is -0.426. The molecule has 5 rings (SSSR count). The standard InChI is InChI=1S/C24H27N7O/c1-24(2,3)21-11-18(28-29(21)4)20-9-15-5-6-16(23(25)32)10-19(15)31(20)14-17-12-27-22-13-26-7-8-30(17)22/h5-8,10-13,20H,9,14H2,1-4H3,(H2,25,32). The van der Waals surface area contributed by atoms with Gasteiger partial charge in [-0.15, -0.1) is 0 Å². The second-order valence-corrected chi connectivity index (χ2v) is 9.44. The molecular weight excluding hydrogens is 402 g/mol. The number of primary amides is 1. The molecule has 1 unspecified atom stereocenters. The molecule has 4 aromatic rings. The Morgan fingerprint density at radius 1 is 1.22 bits per heavy atom. The number of carbonyl (C=O) groups excluding carboxylic acids is 1. The van der Waals surface area contributed by atoms with E-state index in [1.54, 1.807) is 18.5 Å². The fraction of sp³-hybridized carbons (Fsp3) is 0.333. The lowest BCUT2D eigenvalue weighted by molar-refractivity contribution is 0.100. The first-order chi connectivity index (χ1) is 15.2. The SMILES string of the molecule is Cn1nc(C2Cc3ccc(C(N)=O)cc3N2Cc2cnc3cnccn23)cc1C(C)(C)C. The Bertz CT molecular complexity index is 1330. The molecule has 1 aliphatic heterocycles. The van der Waals surface area contributed by atoms with Gasteiger partial charge < -0.3 is 10.6 Å². The van der Waals surface area contributed by atoms with Crippen LogP contribution in [-0.4, -0.2) is 30.1 Å². The average Bonchev–Trinajstić information content (AvgIpc) is 3.43. The van der Waals surface area contributed by atoms with Gasteiger partial charge in [-0.25, -0.2) is 4.98 Å². The molecule has 8 nitrogen and oxygen atoms in total. The molecule has 1 aromatic carbocycles. The van der Waals surface area contributed by atoms with Crippen LogP contribution in [0.4, 0.5) is 5.69 Å². The van der Waals surface area contributed by atoms with Crippen molar-refractivity contribution in [3.63, 3.8) is 0 Å². The van der Waals surface area contributed by atoms with Crippen LogP contribution in [-0.2, 0) is 25.4 Å². The largest absolute Gasteiger partial charge is 0.366 e. The number of nitrogens with two attached hydrogens (primary N) is 1. The fourth-order valence-electron chi connectivity index (χ4n) is 4.64. The lowest BCUT2D eigenvalue weighted by atomic mass is 9.91. The van der Waals surface area contributed by atoms with Crippen LogP contribution in [0.2, 0.25) is 0 Å². The van der Waals surface area contributed by atoms with Crippen LogP contribution in [0.5, 0.6) is 0 Å². The van der Waals surface area contributed by atoms with Crippen LogP contribution in [0.15, 0.2) is 49.1 Å². The summed E-state index contributed by atoms with van der Waals surface area (Å²) in [6.45, 7) is 7.20. The molecular formula is C24H27N7O. The minimum Gasteiger partial charge on any atom is -0.366 e. The van der Waals surface area contributed by atoms with E-state index in [0.717, 1.165) is 29.1 Å². The molecule has 164 valence electrons.